The zero-order valence-corrected chi connectivity index (χ0v) is 6.89. The Morgan fingerprint density at radius 2 is 2.36 bits per heavy atom. The molecule has 0 fully saturated rings. The molecule has 11 heavy (non-hydrogen) atoms. The average molecular weight is 165 g/mol. The summed E-state index contributed by atoms with van der Waals surface area (Å²) in [6, 6.07) is 5.90. The van der Waals surface area contributed by atoms with Gasteiger partial charge >= 0.3 is 0 Å². The third kappa shape index (κ3) is 1.07. The number of hydrogen-bond acceptors (Lipinski definition) is 3. The van der Waals surface area contributed by atoms with Crippen LogP contribution in [-0.2, 0) is 0 Å². The maximum Gasteiger partial charge on any atom is 0.121 e. The van der Waals surface area contributed by atoms with Crippen LogP contribution in [0.2, 0.25) is 0 Å². The molecule has 0 spiro atoms. The van der Waals surface area contributed by atoms with Crippen LogP contribution in [0.1, 0.15) is 0 Å². The monoisotopic (exact) mass is 165 g/mol. The van der Waals surface area contributed by atoms with Gasteiger partial charge in [0.2, 0.25) is 0 Å². The van der Waals surface area contributed by atoms with Crippen molar-refractivity contribution in [3.05, 3.63) is 23.7 Å². The fourth-order valence-corrected chi connectivity index (χ4v) is 1.62. The average Bonchev–Trinajstić information content (AvgIpc) is 2.50. The summed E-state index contributed by atoms with van der Waals surface area (Å²) in [5.41, 5.74) is 2.85. The van der Waals surface area contributed by atoms with Gasteiger partial charge in [-0.2, -0.15) is 0 Å². The Morgan fingerprint density at radius 1 is 1.45 bits per heavy atom. The van der Waals surface area contributed by atoms with Crippen LogP contribution in [0.3, 0.4) is 0 Å². The van der Waals surface area contributed by atoms with E-state index in [9.17, 15) is 0 Å². The fraction of sp³-hybridized carbons (Fsp3) is 0.125. The van der Waals surface area contributed by atoms with E-state index in [1.165, 1.54) is 4.70 Å². The van der Waals surface area contributed by atoms with Gasteiger partial charge in [0.15, 0.2) is 0 Å². The molecule has 0 aliphatic rings. The summed E-state index contributed by atoms with van der Waals surface area (Å²) < 4.78 is 6.26. The van der Waals surface area contributed by atoms with Crippen LogP contribution in [0.4, 0.5) is 0 Å². The Bertz CT molecular complexity index is 369. The SMILES string of the molecule is COc1ccc2scnc2c1. The number of methoxy groups -OCH3 is 1. The van der Waals surface area contributed by atoms with Crippen molar-refractivity contribution in [2.24, 2.45) is 0 Å². The minimum Gasteiger partial charge on any atom is -0.497 e. The summed E-state index contributed by atoms with van der Waals surface area (Å²) in [6.45, 7) is 0. The number of hydrogen-bond donors (Lipinski definition) is 0. The summed E-state index contributed by atoms with van der Waals surface area (Å²) in [5.74, 6) is 0.864. The van der Waals surface area contributed by atoms with Crippen LogP contribution < -0.4 is 4.74 Å². The Balaban J connectivity index is 2.67. The second-order valence-corrected chi connectivity index (χ2v) is 3.07. The quantitative estimate of drug-likeness (QED) is 0.646. The second-order valence-electron chi connectivity index (χ2n) is 2.19. The third-order valence-electron chi connectivity index (χ3n) is 1.54. The van der Waals surface area contributed by atoms with Gasteiger partial charge in [-0.25, -0.2) is 4.98 Å². The first-order chi connectivity index (χ1) is 5.40. The predicted molar refractivity (Wildman–Crippen MR) is 46.2 cm³/mol. The molecular weight excluding hydrogens is 158 g/mol. The van der Waals surface area contributed by atoms with E-state index in [0.717, 1.165) is 11.3 Å². The minimum absolute atomic E-state index is 0.864. The molecule has 0 bridgehead atoms. The molecule has 1 aromatic heterocycles. The lowest BCUT2D eigenvalue weighted by Gasteiger charge is -1.96. The van der Waals surface area contributed by atoms with Gasteiger partial charge in [0.1, 0.15) is 5.75 Å². The molecule has 3 heteroatoms. The van der Waals surface area contributed by atoms with E-state index in [-0.39, 0.29) is 0 Å². The van der Waals surface area contributed by atoms with E-state index < -0.39 is 0 Å². The first-order valence-corrected chi connectivity index (χ1v) is 4.15. The van der Waals surface area contributed by atoms with E-state index in [1.807, 2.05) is 23.7 Å². The predicted octanol–water partition coefficient (Wildman–Crippen LogP) is 2.30. The third-order valence-corrected chi connectivity index (χ3v) is 2.35. The zero-order valence-electron chi connectivity index (χ0n) is 6.07. The molecular formula is C8H7NOS. The maximum absolute atomic E-state index is 5.06. The Hall–Kier alpha value is -1.09. The van der Waals surface area contributed by atoms with Crippen molar-refractivity contribution in [3.63, 3.8) is 0 Å². The van der Waals surface area contributed by atoms with Gasteiger partial charge in [-0.15, -0.1) is 11.3 Å². The van der Waals surface area contributed by atoms with Gasteiger partial charge in [0, 0.05) is 6.07 Å². The summed E-state index contributed by atoms with van der Waals surface area (Å²) in [7, 11) is 1.66. The molecule has 2 rings (SSSR count). The van der Waals surface area contributed by atoms with Gasteiger partial charge < -0.3 is 4.74 Å². The van der Waals surface area contributed by atoms with Crippen molar-refractivity contribution in [2.75, 3.05) is 7.11 Å². The van der Waals surface area contributed by atoms with Gasteiger partial charge in [-0.3, -0.25) is 0 Å². The van der Waals surface area contributed by atoms with E-state index in [4.69, 9.17) is 4.74 Å². The Morgan fingerprint density at radius 3 is 3.18 bits per heavy atom. The summed E-state index contributed by atoms with van der Waals surface area (Å²) in [6.07, 6.45) is 0. The molecule has 1 aromatic carbocycles. The van der Waals surface area contributed by atoms with Crippen LogP contribution in [0.15, 0.2) is 23.7 Å². The number of nitrogens with zero attached hydrogens (tertiary/aromatic N) is 1. The molecule has 0 amide bonds. The summed E-state index contributed by atoms with van der Waals surface area (Å²) >= 11 is 1.64. The molecule has 0 aliphatic carbocycles. The van der Waals surface area contributed by atoms with Crippen molar-refractivity contribution in [2.45, 2.75) is 0 Å². The van der Waals surface area contributed by atoms with Crippen LogP contribution in [0.5, 0.6) is 5.75 Å². The maximum atomic E-state index is 5.06. The van der Waals surface area contributed by atoms with Crippen LogP contribution in [0.25, 0.3) is 10.2 Å². The fourth-order valence-electron chi connectivity index (χ4n) is 0.965. The second kappa shape index (κ2) is 2.51. The number of ether oxygens (including phenoxy) is 1. The molecule has 0 saturated carbocycles. The smallest absolute Gasteiger partial charge is 0.121 e. The molecule has 0 N–H and O–H groups in total. The lowest BCUT2D eigenvalue weighted by atomic mass is 10.3. The normalized spacial score (nSPS) is 10.3. The molecule has 2 aromatic rings. The molecule has 0 atom stereocenters. The van der Waals surface area contributed by atoms with Gasteiger partial charge in [0.05, 0.1) is 22.8 Å². The van der Waals surface area contributed by atoms with Crippen molar-refractivity contribution in [1.82, 2.24) is 4.98 Å². The highest BCUT2D eigenvalue weighted by molar-refractivity contribution is 7.16. The number of benzene rings is 1. The standard InChI is InChI=1S/C8H7NOS/c1-10-6-2-3-8-7(4-6)9-5-11-8/h2-5H,1H3. The lowest BCUT2D eigenvalue weighted by Crippen LogP contribution is -1.80. The van der Waals surface area contributed by atoms with Crippen LogP contribution in [0, 0.1) is 0 Å². The molecule has 0 aliphatic heterocycles. The first kappa shape index (κ1) is 6.61. The van der Waals surface area contributed by atoms with E-state index >= 15 is 0 Å². The van der Waals surface area contributed by atoms with Gasteiger partial charge in [-0.1, -0.05) is 0 Å². The van der Waals surface area contributed by atoms with E-state index in [0.29, 0.717) is 0 Å². The molecule has 0 radical (unpaired) electrons. The highest BCUT2D eigenvalue weighted by Gasteiger charge is 1.96. The van der Waals surface area contributed by atoms with Crippen LogP contribution in [-0.4, -0.2) is 12.1 Å². The van der Waals surface area contributed by atoms with Crippen LogP contribution >= 0.6 is 11.3 Å². The van der Waals surface area contributed by atoms with Crippen molar-refractivity contribution in [3.8, 4) is 5.75 Å². The Kier molecular flexibility index (Phi) is 1.51. The number of thiazole rings is 1. The molecule has 0 saturated heterocycles. The van der Waals surface area contributed by atoms with Crippen molar-refractivity contribution in [1.29, 1.82) is 0 Å². The highest BCUT2D eigenvalue weighted by atomic mass is 32.1. The number of rotatable bonds is 1. The number of aromatic nitrogens is 1. The highest BCUT2D eigenvalue weighted by Crippen LogP contribution is 2.22. The summed E-state index contributed by atoms with van der Waals surface area (Å²) in [4.78, 5) is 4.17. The Labute approximate surface area is 68.5 Å². The molecule has 1 heterocycles. The van der Waals surface area contributed by atoms with Gasteiger partial charge in [-0.05, 0) is 12.1 Å². The lowest BCUT2D eigenvalue weighted by molar-refractivity contribution is 0.415. The molecule has 2 nitrogen and oxygen atoms in total. The minimum atomic E-state index is 0.864. The van der Waals surface area contributed by atoms with E-state index in [1.54, 1.807) is 18.4 Å². The summed E-state index contributed by atoms with van der Waals surface area (Å²) in [5, 5.41) is 0. The molecule has 0 unspecified atom stereocenters. The van der Waals surface area contributed by atoms with Crippen molar-refractivity contribution < 1.29 is 4.74 Å². The first-order valence-electron chi connectivity index (χ1n) is 3.27. The van der Waals surface area contributed by atoms with E-state index in [2.05, 4.69) is 4.98 Å². The topological polar surface area (TPSA) is 22.1 Å². The number of fused-ring (bicyclic) bond motifs is 1. The van der Waals surface area contributed by atoms with Gasteiger partial charge in [0.25, 0.3) is 0 Å². The van der Waals surface area contributed by atoms with Crippen molar-refractivity contribution >= 4 is 21.6 Å². The molecule has 56 valence electrons. The zero-order chi connectivity index (χ0) is 7.68. The largest absolute Gasteiger partial charge is 0.497 e.